The molecule has 3 rings (SSSR count). The first-order valence-electron chi connectivity index (χ1n) is 7.05. The lowest BCUT2D eigenvalue weighted by atomic mass is 9.72. The molecule has 1 unspecified atom stereocenters. The summed E-state index contributed by atoms with van der Waals surface area (Å²) < 4.78 is 1.05. The number of aromatic nitrogens is 2. The van der Waals surface area contributed by atoms with Crippen molar-refractivity contribution in [2.45, 2.75) is 43.9 Å². The Kier molecular flexibility index (Phi) is 3.84. The van der Waals surface area contributed by atoms with Crippen LogP contribution in [-0.2, 0) is 0 Å². The first-order chi connectivity index (χ1) is 9.49. The molecule has 1 aromatic heterocycles. The molecule has 0 bridgehead atoms. The van der Waals surface area contributed by atoms with Gasteiger partial charge < -0.3 is 9.97 Å². The first-order valence-corrected chi connectivity index (χ1v) is 8.76. The van der Waals surface area contributed by atoms with Crippen LogP contribution in [0.2, 0.25) is 0 Å². The van der Waals surface area contributed by atoms with Gasteiger partial charge in [-0.05, 0) is 36.0 Å². The molecule has 1 fully saturated rings. The third kappa shape index (κ3) is 2.50. The molecule has 0 radical (unpaired) electrons. The van der Waals surface area contributed by atoms with E-state index >= 15 is 0 Å². The van der Waals surface area contributed by atoms with Crippen molar-refractivity contribution >= 4 is 42.9 Å². The molecule has 0 amide bonds. The summed E-state index contributed by atoms with van der Waals surface area (Å²) in [5.74, 6) is 0. The zero-order chi connectivity index (χ0) is 14.3. The van der Waals surface area contributed by atoms with Crippen molar-refractivity contribution in [3.63, 3.8) is 0 Å². The highest BCUT2D eigenvalue weighted by molar-refractivity contribution is 9.11. The van der Waals surface area contributed by atoms with Crippen LogP contribution in [0.1, 0.15) is 49.4 Å². The molecule has 1 aromatic carbocycles. The van der Waals surface area contributed by atoms with Gasteiger partial charge in [0.2, 0.25) is 0 Å². The third-order valence-corrected chi connectivity index (χ3v) is 6.80. The van der Waals surface area contributed by atoms with E-state index in [1.54, 1.807) is 0 Å². The summed E-state index contributed by atoms with van der Waals surface area (Å²) in [6.07, 6.45) is 6.45. The van der Waals surface area contributed by atoms with E-state index in [0.29, 0.717) is 4.83 Å². The van der Waals surface area contributed by atoms with Gasteiger partial charge >= 0.3 is 5.69 Å². The van der Waals surface area contributed by atoms with Gasteiger partial charge in [-0.1, -0.05) is 58.0 Å². The summed E-state index contributed by atoms with van der Waals surface area (Å²) >= 11 is 7.57. The summed E-state index contributed by atoms with van der Waals surface area (Å²) in [4.78, 5) is 17.3. The van der Waals surface area contributed by atoms with Crippen molar-refractivity contribution in [1.82, 2.24) is 9.97 Å². The molecule has 108 valence electrons. The summed E-state index contributed by atoms with van der Waals surface area (Å²) in [5.41, 5.74) is 3.07. The van der Waals surface area contributed by atoms with Crippen LogP contribution >= 0.6 is 31.9 Å². The quantitative estimate of drug-likeness (QED) is 0.681. The van der Waals surface area contributed by atoms with Crippen LogP contribution in [0, 0.1) is 5.41 Å². The van der Waals surface area contributed by atoms with Crippen molar-refractivity contribution in [2.75, 3.05) is 0 Å². The number of benzene rings is 1. The van der Waals surface area contributed by atoms with E-state index in [4.69, 9.17) is 0 Å². The Morgan fingerprint density at radius 2 is 1.75 bits per heavy atom. The number of fused-ring (bicyclic) bond motifs is 1. The van der Waals surface area contributed by atoms with E-state index in [1.807, 2.05) is 6.07 Å². The number of imidazole rings is 1. The fourth-order valence-electron chi connectivity index (χ4n) is 3.26. The zero-order valence-electron chi connectivity index (χ0n) is 11.4. The van der Waals surface area contributed by atoms with E-state index in [2.05, 4.69) is 54.8 Å². The van der Waals surface area contributed by atoms with Gasteiger partial charge in [-0.2, -0.15) is 0 Å². The lowest BCUT2D eigenvalue weighted by Gasteiger charge is -2.38. The number of nitrogens with one attached hydrogen (secondary N) is 2. The zero-order valence-corrected chi connectivity index (χ0v) is 14.6. The molecule has 0 aliphatic heterocycles. The molecule has 0 spiro atoms. The van der Waals surface area contributed by atoms with Crippen molar-refractivity contribution < 1.29 is 0 Å². The van der Waals surface area contributed by atoms with Gasteiger partial charge in [-0.15, -0.1) is 0 Å². The van der Waals surface area contributed by atoms with E-state index in [0.717, 1.165) is 15.5 Å². The molecule has 1 aliphatic rings. The molecule has 0 saturated heterocycles. The SMILES string of the molecule is CC1(C(Br)c2cc3[nH]c(=O)[nH]c3cc2Br)CCCCC1. The van der Waals surface area contributed by atoms with Crippen LogP contribution in [0.25, 0.3) is 11.0 Å². The number of H-pyrrole nitrogens is 2. The fraction of sp³-hybridized carbons (Fsp3) is 0.533. The van der Waals surface area contributed by atoms with Crippen LogP contribution in [0.3, 0.4) is 0 Å². The number of aromatic amines is 2. The van der Waals surface area contributed by atoms with Crippen LogP contribution < -0.4 is 5.69 Å². The Bertz CT molecular complexity index is 683. The monoisotopic (exact) mass is 400 g/mol. The maximum Gasteiger partial charge on any atom is 0.323 e. The average molecular weight is 402 g/mol. The second-order valence-corrected chi connectivity index (χ2v) is 7.85. The highest BCUT2D eigenvalue weighted by Gasteiger charge is 2.35. The normalized spacial score (nSPS) is 20.1. The Morgan fingerprint density at radius 3 is 2.40 bits per heavy atom. The highest BCUT2D eigenvalue weighted by Crippen LogP contribution is 2.51. The number of rotatable bonds is 2. The Hall–Kier alpha value is -0.550. The van der Waals surface area contributed by atoms with Crippen molar-refractivity contribution in [2.24, 2.45) is 5.41 Å². The minimum atomic E-state index is -0.154. The van der Waals surface area contributed by atoms with Gasteiger partial charge in [0.1, 0.15) is 0 Å². The van der Waals surface area contributed by atoms with E-state index in [1.165, 1.54) is 37.7 Å². The number of hydrogen-bond donors (Lipinski definition) is 2. The standard InChI is InChI=1S/C15H18Br2N2O/c1-15(5-3-2-4-6-15)13(17)9-7-11-12(8-10(9)16)19-14(20)18-11/h7-8,13H,2-6H2,1H3,(H2,18,19,20). The maximum absolute atomic E-state index is 11.4. The number of halogens is 2. The highest BCUT2D eigenvalue weighted by atomic mass is 79.9. The predicted molar refractivity (Wildman–Crippen MR) is 89.5 cm³/mol. The number of alkyl halides is 1. The summed E-state index contributed by atoms with van der Waals surface area (Å²) in [6, 6.07) is 4.07. The fourth-order valence-corrected chi connectivity index (χ4v) is 4.97. The van der Waals surface area contributed by atoms with Gasteiger partial charge in [-0.25, -0.2) is 4.79 Å². The van der Waals surface area contributed by atoms with Crippen LogP contribution in [0.15, 0.2) is 21.4 Å². The van der Waals surface area contributed by atoms with Gasteiger partial charge in [-0.3, -0.25) is 0 Å². The molecule has 5 heteroatoms. The Labute approximate surface area is 134 Å². The topological polar surface area (TPSA) is 48.6 Å². The number of hydrogen-bond acceptors (Lipinski definition) is 1. The Morgan fingerprint density at radius 1 is 1.15 bits per heavy atom. The van der Waals surface area contributed by atoms with Gasteiger partial charge in [0.15, 0.2) is 0 Å². The summed E-state index contributed by atoms with van der Waals surface area (Å²) in [7, 11) is 0. The largest absolute Gasteiger partial charge is 0.323 e. The maximum atomic E-state index is 11.4. The molecule has 1 aliphatic carbocycles. The van der Waals surface area contributed by atoms with Gasteiger partial charge in [0, 0.05) is 9.30 Å². The lowest BCUT2D eigenvalue weighted by Crippen LogP contribution is -2.25. The predicted octanol–water partition coefficient (Wildman–Crippen LogP) is 5.03. The second kappa shape index (κ2) is 5.34. The molecule has 1 saturated carbocycles. The average Bonchev–Trinajstić information content (AvgIpc) is 2.77. The van der Waals surface area contributed by atoms with Gasteiger partial charge in [0.25, 0.3) is 0 Å². The molecule has 2 N–H and O–H groups in total. The minimum Gasteiger partial charge on any atom is -0.306 e. The van der Waals surface area contributed by atoms with Crippen LogP contribution in [0.4, 0.5) is 0 Å². The lowest BCUT2D eigenvalue weighted by molar-refractivity contribution is 0.212. The van der Waals surface area contributed by atoms with Gasteiger partial charge in [0.05, 0.1) is 11.0 Å². The first kappa shape index (κ1) is 14.4. The van der Waals surface area contributed by atoms with E-state index in [9.17, 15) is 4.79 Å². The Balaban J connectivity index is 2.03. The molecule has 3 nitrogen and oxygen atoms in total. The second-order valence-electron chi connectivity index (χ2n) is 6.08. The molecule has 1 atom stereocenters. The van der Waals surface area contributed by atoms with E-state index in [-0.39, 0.29) is 11.1 Å². The molecule has 2 aromatic rings. The van der Waals surface area contributed by atoms with Crippen LogP contribution in [-0.4, -0.2) is 9.97 Å². The minimum absolute atomic E-state index is 0.154. The molecular weight excluding hydrogens is 384 g/mol. The van der Waals surface area contributed by atoms with Crippen molar-refractivity contribution in [3.8, 4) is 0 Å². The summed E-state index contributed by atoms with van der Waals surface area (Å²) in [5, 5.41) is 0. The third-order valence-electron chi connectivity index (χ3n) is 4.51. The van der Waals surface area contributed by atoms with Crippen molar-refractivity contribution in [3.05, 3.63) is 32.7 Å². The van der Waals surface area contributed by atoms with Crippen molar-refractivity contribution in [1.29, 1.82) is 0 Å². The summed E-state index contributed by atoms with van der Waals surface area (Å²) in [6.45, 7) is 2.36. The molecular formula is C15H18Br2N2O. The smallest absolute Gasteiger partial charge is 0.306 e. The van der Waals surface area contributed by atoms with E-state index < -0.39 is 0 Å². The van der Waals surface area contributed by atoms with Crippen LogP contribution in [0.5, 0.6) is 0 Å². The molecule has 1 heterocycles. The molecule has 20 heavy (non-hydrogen) atoms.